The van der Waals surface area contributed by atoms with Crippen molar-refractivity contribution < 1.29 is 14.1 Å². The van der Waals surface area contributed by atoms with Gasteiger partial charge in [-0.2, -0.15) is 4.98 Å². The van der Waals surface area contributed by atoms with E-state index in [0.717, 1.165) is 0 Å². The van der Waals surface area contributed by atoms with Gasteiger partial charge in [0.15, 0.2) is 0 Å². The maximum Gasteiger partial charge on any atom is 0.296 e. The van der Waals surface area contributed by atoms with E-state index in [9.17, 15) is 9.59 Å². The Balaban J connectivity index is 2.20. The van der Waals surface area contributed by atoms with Gasteiger partial charge in [0.25, 0.3) is 11.7 Å². The molecule has 104 valence electrons. The van der Waals surface area contributed by atoms with Crippen molar-refractivity contribution >= 4 is 11.8 Å². The summed E-state index contributed by atoms with van der Waals surface area (Å²) in [5.74, 6) is -0.177. The first-order chi connectivity index (χ1) is 9.00. The van der Waals surface area contributed by atoms with Crippen LogP contribution in [-0.2, 0) is 4.79 Å². The van der Waals surface area contributed by atoms with Crippen LogP contribution in [0.3, 0.4) is 0 Å². The van der Waals surface area contributed by atoms with Crippen molar-refractivity contribution in [1.29, 1.82) is 0 Å². The van der Waals surface area contributed by atoms with Crippen LogP contribution in [0.5, 0.6) is 0 Å². The van der Waals surface area contributed by atoms with Gasteiger partial charge >= 0.3 is 0 Å². The summed E-state index contributed by atoms with van der Waals surface area (Å²) < 4.78 is 4.80. The van der Waals surface area contributed by atoms with Gasteiger partial charge in [0, 0.05) is 40.7 Å². The fourth-order valence-electron chi connectivity index (χ4n) is 1.98. The van der Waals surface area contributed by atoms with Gasteiger partial charge in [0.1, 0.15) is 6.04 Å². The SMILES string of the molecule is Cc1nc(C(=O)N2CCNCC2C(=O)N(C)C)no1. The van der Waals surface area contributed by atoms with Crippen LogP contribution in [0.25, 0.3) is 0 Å². The Hall–Kier alpha value is -1.96. The van der Waals surface area contributed by atoms with Crippen LogP contribution in [0.4, 0.5) is 0 Å². The molecule has 1 fully saturated rings. The number of carbonyl (C=O) groups is 2. The summed E-state index contributed by atoms with van der Waals surface area (Å²) >= 11 is 0. The summed E-state index contributed by atoms with van der Waals surface area (Å²) in [5.41, 5.74) is 0. The fourth-order valence-corrected chi connectivity index (χ4v) is 1.98. The molecule has 0 radical (unpaired) electrons. The zero-order valence-corrected chi connectivity index (χ0v) is 11.2. The molecule has 1 aliphatic heterocycles. The zero-order chi connectivity index (χ0) is 14.0. The second-order valence-corrected chi connectivity index (χ2v) is 4.59. The lowest BCUT2D eigenvalue weighted by Crippen LogP contribution is -2.59. The first-order valence-corrected chi connectivity index (χ1v) is 6.04. The maximum atomic E-state index is 12.3. The predicted octanol–water partition coefficient (Wildman–Crippen LogP) is -1.12. The molecule has 8 heteroatoms. The second-order valence-electron chi connectivity index (χ2n) is 4.59. The highest BCUT2D eigenvalue weighted by Crippen LogP contribution is 2.10. The number of likely N-dealkylation sites (N-methyl/N-ethyl adjacent to an activating group) is 1. The molecule has 1 aliphatic rings. The van der Waals surface area contributed by atoms with Crippen LogP contribution >= 0.6 is 0 Å². The van der Waals surface area contributed by atoms with Gasteiger partial charge in [-0.05, 0) is 0 Å². The van der Waals surface area contributed by atoms with Crippen molar-refractivity contribution in [2.75, 3.05) is 33.7 Å². The van der Waals surface area contributed by atoms with Crippen molar-refractivity contribution in [2.24, 2.45) is 0 Å². The van der Waals surface area contributed by atoms with Crippen molar-refractivity contribution in [3.63, 3.8) is 0 Å². The predicted molar refractivity (Wildman–Crippen MR) is 65.4 cm³/mol. The highest BCUT2D eigenvalue weighted by molar-refractivity contribution is 5.95. The first-order valence-electron chi connectivity index (χ1n) is 6.04. The molecule has 0 aliphatic carbocycles. The molecule has 2 rings (SSSR count). The van der Waals surface area contributed by atoms with Gasteiger partial charge in [-0.25, -0.2) is 0 Å². The topological polar surface area (TPSA) is 91.6 Å². The number of aryl methyl sites for hydroxylation is 1. The summed E-state index contributed by atoms with van der Waals surface area (Å²) in [6, 6.07) is -0.532. The van der Waals surface area contributed by atoms with Gasteiger partial charge in [0.05, 0.1) is 0 Å². The Morgan fingerprint density at radius 2 is 2.21 bits per heavy atom. The van der Waals surface area contributed by atoms with Crippen LogP contribution in [0.1, 0.15) is 16.5 Å². The largest absolute Gasteiger partial charge is 0.347 e. The van der Waals surface area contributed by atoms with Gasteiger partial charge in [0.2, 0.25) is 11.8 Å². The van der Waals surface area contributed by atoms with E-state index in [1.807, 2.05) is 0 Å². The Morgan fingerprint density at radius 3 is 2.79 bits per heavy atom. The standard InChI is InChI=1S/C11H17N5O3/c1-7-13-9(14-19-7)11(18)16-5-4-12-6-8(16)10(17)15(2)3/h8,12H,4-6H2,1-3H3. The lowest BCUT2D eigenvalue weighted by Gasteiger charge is -2.35. The molecule has 1 N–H and O–H groups in total. The van der Waals surface area contributed by atoms with Crippen molar-refractivity contribution in [2.45, 2.75) is 13.0 Å². The zero-order valence-electron chi connectivity index (χ0n) is 11.2. The molecule has 2 heterocycles. The monoisotopic (exact) mass is 267 g/mol. The maximum absolute atomic E-state index is 12.3. The van der Waals surface area contributed by atoms with Crippen LogP contribution in [0.15, 0.2) is 4.52 Å². The smallest absolute Gasteiger partial charge is 0.296 e. The molecule has 1 unspecified atom stereocenters. The Kier molecular flexibility index (Phi) is 3.79. The fraction of sp³-hybridized carbons (Fsp3) is 0.636. The van der Waals surface area contributed by atoms with Crippen LogP contribution < -0.4 is 5.32 Å². The summed E-state index contributed by atoms with van der Waals surface area (Å²) in [4.78, 5) is 31.2. The van der Waals surface area contributed by atoms with Gasteiger partial charge in [-0.3, -0.25) is 9.59 Å². The molecule has 2 amide bonds. The molecule has 0 aromatic carbocycles. The number of carbonyl (C=O) groups excluding carboxylic acids is 2. The third-order valence-corrected chi connectivity index (χ3v) is 2.95. The summed E-state index contributed by atoms with van der Waals surface area (Å²) in [5, 5.41) is 6.71. The number of amides is 2. The minimum atomic E-state index is -0.532. The van der Waals surface area contributed by atoms with Crippen molar-refractivity contribution in [1.82, 2.24) is 25.3 Å². The minimum absolute atomic E-state index is 0.00374. The van der Waals surface area contributed by atoms with E-state index in [1.54, 1.807) is 21.0 Å². The molecule has 0 bridgehead atoms. The van der Waals surface area contributed by atoms with Gasteiger partial charge in [-0.15, -0.1) is 0 Å². The Bertz CT molecular complexity index is 484. The second kappa shape index (κ2) is 5.35. The normalized spacial score (nSPS) is 19.3. The molecule has 1 saturated heterocycles. The van der Waals surface area contributed by atoms with E-state index in [2.05, 4.69) is 15.5 Å². The summed E-state index contributed by atoms with van der Waals surface area (Å²) in [7, 11) is 3.33. The van der Waals surface area contributed by atoms with Crippen LogP contribution in [0.2, 0.25) is 0 Å². The third kappa shape index (κ3) is 2.73. The third-order valence-electron chi connectivity index (χ3n) is 2.95. The lowest BCUT2D eigenvalue weighted by molar-refractivity contribution is -0.134. The molecular formula is C11H17N5O3. The average Bonchev–Trinajstić information content (AvgIpc) is 2.83. The number of nitrogens with zero attached hydrogens (tertiary/aromatic N) is 4. The van der Waals surface area contributed by atoms with E-state index in [4.69, 9.17) is 4.52 Å². The number of rotatable bonds is 2. The van der Waals surface area contributed by atoms with E-state index < -0.39 is 6.04 Å². The van der Waals surface area contributed by atoms with E-state index in [1.165, 1.54) is 9.80 Å². The van der Waals surface area contributed by atoms with Crippen LogP contribution in [0, 0.1) is 6.92 Å². The number of hydrogen-bond acceptors (Lipinski definition) is 6. The number of nitrogens with one attached hydrogen (secondary N) is 1. The summed E-state index contributed by atoms with van der Waals surface area (Å²) in [6.07, 6.45) is 0. The van der Waals surface area contributed by atoms with E-state index in [0.29, 0.717) is 25.5 Å². The van der Waals surface area contributed by atoms with Crippen molar-refractivity contribution in [3.8, 4) is 0 Å². The molecule has 0 spiro atoms. The van der Waals surface area contributed by atoms with Gasteiger partial charge < -0.3 is 19.6 Å². The van der Waals surface area contributed by atoms with Crippen LogP contribution in [-0.4, -0.2) is 71.5 Å². The van der Waals surface area contributed by atoms with Crippen molar-refractivity contribution in [3.05, 3.63) is 11.7 Å². The highest BCUT2D eigenvalue weighted by atomic mass is 16.5. The quantitative estimate of drug-likeness (QED) is 0.730. The molecule has 19 heavy (non-hydrogen) atoms. The molecular weight excluding hydrogens is 250 g/mol. The molecule has 0 saturated carbocycles. The number of hydrogen-bond donors (Lipinski definition) is 1. The first kappa shape index (κ1) is 13.5. The Morgan fingerprint density at radius 1 is 1.47 bits per heavy atom. The lowest BCUT2D eigenvalue weighted by atomic mass is 10.1. The summed E-state index contributed by atoms with van der Waals surface area (Å²) in [6.45, 7) is 3.13. The number of piperazine rings is 1. The number of aromatic nitrogens is 2. The van der Waals surface area contributed by atoms with E-state index in [-0.39, 0.29) is 17.6 Å². The highest BCUT2D eigenvalue weighted by Gasteiger charge is 2.35. The Labute approximate surface area is 110 Å². The average molecular weight is 267 g/mol. The minimum Gasteiger partial charge on any atom is -0.347 e. The molecule has 1 aromatic heterocycles. The molecule has 8 nitrogen and oxygen atoms in total. The molecule has 1 aromatic rings. The van der Waals surface area contributed by atoms with E-state index >= 15 is 0 Å². The molecule has 1 atom stereocenters. The van der Waals surface area contributed by atoms with Gasteiger partial charge in [-0.1, -0.05) is 5.16 Å².